The molecule has 0 spiro atoms. The molecule has 1 atom stereocenters. The first-order chi connectivity index (χ1) is 16.9. The van der Waals surface area contributed by atoms with Gasteiger partial charge in [-0.15, -0.1) is 11.3 Å². The molecular weight excluding hydrogens is 484 g/mol. The van der Waals surface area contributed by atoms with Crippen molar-refractivity contribution in [3.63, 3.8) is 0 Å². The summed E-state index contributed by atoms with van der Waals surface area (Å²) in [5.74, 6) is 1.15. The van der Waals surface area contributed by atoms with Gasteiger partial charge in [-0.2, -0.15) is 14.6 Å². The topological polar surface area (TPSA) is 86.0 Å². The number of benzene rings is 2. The Bertz CT molecular complexity index is 1480. The van der Waals surface area contributed by atoms with E-state index >= 15 is 0 Å². The molecule has 5 rings (SSSR count). The summed E-state index contributed by atoms with van der Waals surface area (Å²) in [6.07, 6.45) is 3.47. The standard InChI is InChI=1S/C25H24N4O4S2/c1-32-22-12-11-17(14-23(22)33-2)20-15-21(29(26-20)35(3,30)31)19-16-28(18-8-5-4-6-9-18)27-25(19)24-10-7-13-34-24/h4-14,16,21H,15H2,1-3H3. The lowest BCUT2D eigenvalue weighted by Gasteiger charge is -2.20. The number of hydrogen-bond acceptors (Lipinski definition) is 7. The van der Waals surface area contributed by atoms with Crippen LogP contribution in [0.4, 0.5) is 0 Å². The van der Waals surface area contributed by atoms with Gasteiger partial charge < -0.3 is 9.47 Å². The Labute approximate surface area is 208 Å². The second-order valence-corrected chi connectivity index (χ2v) is 10.9. The predicted octanol–water partition coefficient (Wildman–Crippen LogP) is 4.73. The molecule has 0 radical (unpaired) electrons. The van der Waals surface area contributed by atoms with E-state index in [1.165, 1.54) is 10.7 Å². The van der Waals surface area contributed by atoms with Gasteiger partial charge in [-0.05, 0) is 41.8 Å². The fourth-order valence-corrected chi connectivity index (χ4v) is 5.79. The molecule has 2 aromatic heterocycles. The Morgan fingerprint density at radius 3 is 2.43 bits per heavy atom. The van der Waals surface area contributed by atoms with E-state index in [2.05, 4.69) is 5.10 Å². The maximum absolute atomic E-state index is 12.8. The molecule has 0 saturated heterocycles. The average Bonchev–Trinajstić information content (AvgIpc) is 3.62. The third kappa shape index (κ3) is 4.42. The van der Waals surface area contributed by atoms with Gasteiger partial charge in [0.1, 0.15) is 5.69 Å². The minimum Gasteiger partial charge on any atom is -0.493 e. The Kier molecular flexibility index (Phi) is 6.08. The molecule has 0 saturated carbocycles. The van der Waals surface area contributed by atoms with E-state index < -0.39 is 16.1 Å². The number of thiophene rings is 1. The van der Waals surface area contributed by atoms with Crippen LogP contribution in [0.2, 0.25) is 0 Å². The number of methoxy groups -OCH3 is 2. The van der Waals surface area contributed by atoms with Gasteiger partial charge in [-0.25, -0.2) is 13.1 Å². The van der Waals surface area contributed by atoms with Gasteiger partial charge in [-0.1, -0.05) is 24.3 Å². The molecule has 2 aromatic carbocycles. The normalized spacial score (nSPS) is 15.8. The lowest BCUT2D eigenvalue weighted by Crippen LogP contribution is -2.26. The van der Waals surface area contributed by atoms with Crippen molar-refractivity contribution in [2.45, 2.75) is 12.5 Å². The third-order valence-electron chi connectivity index (χ3n) is 5.81. The maximum atomic E-state index is 12.8. The summed E-state index contributed by atoms with van der Waals surface area (Å²) in [5, 5.41) is 11.4. The van der Waals surface area contributed by atoms with Gasteiger partial charge in [0.15, 0.2) is 11.5 Å². The molecule has 3 heterocycles. The van der Waals surface area contributed by atoms with Crippen molar-refractivity contribution in [1.29, 1.82) is 0 Å². The Morgan fingerprint density at radius 2 is 1.77 bits per heavy atom. The number of ether oxygens (including phenoxy) is 2. The van der Waals surface area contributed by atoms with E-state index in [9.17, 15) is 8.42 Å². The van der Waals surface area contributed by atoms with Crippen molar-refractivity contribution in [3.8, 4) is 27.8 Å². The highest BCUT2D eigenvalue weighted by molar-refractivity contribution is 7.88. The molecule has 8 nitrogen and oxygen atoms in total. The van der Waals surface area contributed by atoms with Crippen LogP contribution in [0, 0.1) is 0 Å². The fourth-order valence-electron chi connectivity index (χ4n) is 4.17. The van der Waals surface area contributed by atoms with Crippen LogP contribution in [0.1, 0.15) is 23.6 Å². The van der Waals surface area contributed by atoms with Gasteiger partial charge in [0.2, 0.25) is 10.0 Å². The average molecular weight is 509 g/mol. The van der Waals surface area contributed by atoms with Gasteiger partial charge >= 0.3 is 0 Å². The molecule has 1 aliphatic heterocycles. The Morgan fingerprint density at radius 1 is 1.00 bits per heavy atom. The highest BCUT2D eigenvalue weighted by Gasteiger charge is 2.37. The Balaban J connectivity index is 1.61. The second-order valence-electron chi connectivity index (χ2n) is 8.06. The number of para-hydroxylation sites is 1. The zero-order valence-electron chi connectivity index (χ0n) is 19.5. The monoisotopic (exact) mass is 508 g/mol. The van der Waals surface area contributed by atoms with Crippen molar-refractivity contribution in [1.82, 2.24) is 14.2 Å². The minimum absolute atomic E-state index is 0.390. The lowest BCUT2D eigenvalue weighted by molar-refractivity contribution is 0.355. The zero-order valence-corrected chi connectivity index (χ0v) is 21.1. The van der Waals surface area contributed by atoms with Gasteiger partial charge in [0.25, 0.3) is 0 Å². The molecule has 0 amide bonds. The summed E-state index contributed by atoms with van der Waals surface area (Å²) in [4.78, 5) is 0.961. The minimum atomic E-state index is -3.65. The van der Waals surface area contributed by atoms with Crippen molar-refractivity contribution >= 4 is 27.1 Å². The van der Waals surface area contributed by atoms with E-state index in [0.717, 1.165) is 27.4 Å². The highest BCUT2D eigenvalue weighted by atomic mass is 32.2. The first-order valence-corrected chi connectivity index (χ1v) is 13.6. The van der Waals surface area contributed by atoms with Gasteiger partial charge in [-0.3, -0.25) is 0 Å². The number of rotatable bonds is 7. The largest absolute Gasteiger partial charge is 0.493 e. The molecule has 0 N–H and O–H groups in total. The molecule has 180 valence electrons. The van der Waals surface area contributed by atoms with Crippen LogP contribution in [0.25, 0.3) is 16.3 Å². The molecule has 4 aromatic rings. The summed E-state index contributed by atoms with van der Waals surface area (Å²) >= 11 is 1.56. The molecule has 35 heavy (non-hydrogen) atoms. The van der Waals surface area contributed by atoms with Gasteiger partial charge in [0.05, 0.1) is 42.8 Å². The van der Waals surface area contributed by atoms with Crippen LogP contribution in [0.5, 0.6) is 11.5 Å². The number of hydrazone groups is 1. The lowest BCUT2D eigenvalue weighted by atomic mass is 9.98. The number of aromatic nitrogens is 2. The Hall–Kier alpha value is -3.63. The van der Waals surface area contributed by atoms with Crippen molar-refractivity contribution in [2.24, 2.45) is 5.10 Å². The number of hydrogen-bond donors (Lipinski definition) is 0. The second kappa shape index (κ2) is 9.20. The first kappa shape index (κ1) is 23.1. The zero-order chi connectivity index (χ0) is 24.6. The summed E-state index contributed by atoms with van der Waals surface area (Å²) in [6.45, 7) is 0. The maximum Gasteiger partial charge on any atom is 0.247 e. The predicted molar refractivity (Wildman–Crippen MR) is 137 cm³/mol. The van der Waals surface area contributed by atoms with Crippen LogP contribution >= 0.6 is 11.3 Å². The van der Waals surface area contributed by atoms with Crippen molar-refractivity contribution in [3.05, 3.63) is 83.4 Å². The summed E-state index contributed by atoms with van der Waals surface area (Å²) in [6, 6.07) is 18.6. The van der Waals surface area contributed by atoms with Crippen LogP contribution in [0.15, 0.2) is 77.3 Å². The smallest absolute Gasteiger partial charge is 0.247 e. The SMILES string of the molecule is COc1ccc(C2=NN(S(C)(=O)=O)C(c3cn(-c4ccccc4)nc3-c3cccs3)C2)cc1OC. The molecule has 10 heteroatoms. The summed E-state index contributed by atoms with van der Waals surface area (Å²) in [5.41, 5.74) is 3.84. The number of nitrogens with zero attached hydrogens (tertiary/aromatic N) is 4. The first-order valence-electron chi connectivity index (χ1n) is 10.9. The molecule has 1 aliphatic rings. The van der Waals surface area contributed by atoms with E-state index in [-0.39, 0.29) is 0 Å². The van der Waals surface area contributed by atoms with Crippen LogP contribution in [-0.4, -0.2) is 48.8 Å². The van der Waals surface area contributed by atoms with E-state index in [0.29, 0.717) is 23.6 Å². The van der Waals surface area contributed by atoms with E-state index in [4.69, 9.17) is 14.6 Å². The van der Waals surface area contributed by atoms with Crippen LogP contribution in [0.3, 0.4) is 0 Å². The van der Waals surface area contributed by atoms with Crippen molar-refractivity contribution < 1.29 is 17.9 Å². The summed E-state index contributed by atoms with van der Waals surface area (Å²) < 4.78 is 39.5. The van der Waals surface area contributed by atoms with Crippen molar-refractivity contribution in [2.75, 3.05) is 20.5 Å². The molecule has 0 aliphatic carbocycles. The van der Waals surface area contributed by atoms with E-state index in [1.54, 1.807) is 36.3 Å². The molecule has 0 fully saturated rings. The van der Waals surface area contributed by atoms with Crippen LogP contribution in [-0.2, 0) is 10.0 Å². The number of sulfonamides is 1. The fraction of sp³-hybridized carbons (Fsp3) is 0.200. The molecule has 0 bridgehead atoms. The third-order valence-corrected chi connectivity index (χ3v) is 7.70. The van der Waals surface area contributed by atoms with E-state index in [1.807, 2.05) is 66.2 Å². The summed E-state index contributed by atoms with van der Waals surface area (Å²) in [7, 11) is -0.518. The van der Waals surface area contributed by atoms with Crippen LogP contribution < -0.4 is 9.47 Å². The molecule has 1 unspecified atom stereocenters. The highest BCUT2D eigenvalue weighted by Crippen LogP contribution is 2.41. The quantitative estimate of drug-likeness (QED) is 0.360. The van der Waals surface area contributed by atoms with Gasteiger partial charge in [0, 0.05) is 23.7 Å². The molecular formula is C25H24N4O4S2.